The molecule has 0 unspecified atom stereocenters. The molecule has 1 saturated carbocycles. The lowest BCUT2D eigenvalue weighted by Gasteiger charge is -2.38. The summed E-state index contributed by atoms with van der Waals surface area (Å²) >= 11 is 0. The zero-order chi connectivity index (χ0) is 19.8. The quantitative estimate of drug-likeness (QED) is 0.715. The first-order valence-electron chi connectivity index (χ1n) is 9.22. The smallest absolute Gasteiger partial charge is 0.254 e. The number of carbonyl (C=O) groups is 1. The standard InChI is InChI=1S/C22H20F2N2O2/c1-12-6-7-17(20(24)19(12)23)22(28)26-21(14-9-16(27)10-14)15-8-13-4-2-3-5-18(13)25-11-15/h2-8,11,14,16,21,27H,9-10H2,1H3,(H,26,28)/t14?,16?,21-/m0/s1. The number of nitrogens with one attached hydrogen (secondary N) is 1. The molecule has 1 aliphatic rings. The summed E-state index contributed by atoms with van der Waals surface area (Å²) < 4.78 is 28.1. The summed E-state index contributed by atoms with van der Waals surface area (Å²) in [5.41, 5.74) is 1.42. The van der Waals surface area contributed by atoms with Crippen LogP contribution in [0.4, 0.5) is 8.78 Å². The minimum absolute atomic E-state index is 0.000249. The van der Waals surface area contributed by atoms with Gasteiger partial charge in [-0.1, -0.05) is 24.3 Å². The third-order valence-electron chi connectivity index (χ3n) is 5.40. The highest BCUT2D eigenvalue weighted by molar-refractivity contribution is 5.95. The molecule has 4 nitrogen and oxygen atoms in total. The maximum atomic E-state index is 14.2. The molecule has 1 aliphatic carbocycles. The second-order valence-corrected chi connectivity index (χ2v) is 7.36. The van der Waals surface area contributed by atoms with Crippen molar-refractivity contribution >= 4 is 16.8 Å². The fraction of sp³-hybridized carbons (Fsp3) is 0.273. The molecular formula is C22H20F2N2O2. The molecule has 0 saturated heterocycles. The minimum atomic E-state index is -1.15. The molecule has 0 aliphatic heterocycles. The van der Waals surface area contributed by atoms with Gasteiger partial charge < -0.3 is 10.4 Å². The first-order valence-corrected chi connectivity index (χ1v) is 9.22. The first kappa shape index (κ1) is 18.5. The van der Waals surface area contributed by atoms with Crippen molar-refractivity contribution in [1.29, 1.82) is 0 Å². The van der Waals surface area contributed by atoms with Gasteiger partial charge in [-0.2, -0.15) is 0 Å². The first-order chi connectivity index (χ1) is 13.4. The maximum Gasteiger partial charge on any atom is 0.254 e. The van der Waals surface area contributed by atoms with Crippen molar-refractivity contribution in [3.63, 3.8) is 0 Å². The predicted molar refractivity (Wildman–Crippen MR) is 102 cm³/mol. The zero-order valence-electron chi connectivity index (χ0n) is 15.3. The molecule has 1 amide bonds. The van der Waals surface area contributed by atoms with Gasteiger partial charge in [-0.15, -0.1) is 0 Å². The molecule has 0 bridgehead atoms. The van der Waals surface area contributed by atoms with Crippen molar-refractivity contribution in [2.45, 2.75) is 31.9 Å². The van der Waals surface area contributed by atoms with Gasteiger partial charge >= 0.3 is 0 Å². The highest BCUT2D eigenvalue weighted by Crippen LogP contribution is 2.38. The molecule has 28 heavy (non-hydrogen) atoms. The summed E-state index contributed by atoms with van der Waals surface area (Å²) in [7, 11) is 0. The molecule has 0 spiro atoms. The van der Waals surface area contributed by atoms with E-state index in [0.717, 1.165) is 16.5 Å². The second-order valence-electron chi connectivity index (χ2n) is 7.36. The van der Waals surface area contributed by atoms with E-state index in [1.54, 1.807) is 6.20 Å². The molecule has 1 atom stereocenters. The van der Waals surface area contributed by atoms with Crippen LogP contribution in [0.1, 0.15) is 40.4 Å². The van der Waals surface area contributed by atoms with E-state index in [1.165, 1.54) is 19.1 Å². The minimum Gasteiger partial charge on any atom is -0.393 e. The Morgan fingerprint density at radius 2 is 1.93 bits per heavy atom. The molecule has 2 aromatic carbocycles. The Morgan fingerprint density at radius 1 is 1.18 bits per heavy atom. The normalized spacial score (nSPS) is 19.9. The van der Waals surface area contributed by atoms with Crippen LogP contribution in [0.3, 0.4) is 0 Å². The lowest BCUT2D eigenvalue weighted by Crippen LogP contribution is -2.41. The summed E-state index contributed by atoms with van der Waals surface area (Å²) in [5.74, 6) is -2.85. The number of benzene rings is 2. The van der Waals surface area contributed by atoms with Gasteiger partial charge in [0.2, 0.25) is 0 Å². The Bertz CT molecular complexity index is 1050. The molecule has 1 heterocycles. The van der Waals surface area contributed by atoms with E-state index in [4.69, 9.17) is 0 Å². The highest BCUT2D eigenvalue weighted by atomic mass is 19.2. The number of para-hydroxylation sites is 1. The number of aromatic nitrogens is 1. The van der Waals surface area contributed by atoms with Crippen LogP contribution >= 0.6 is 0 Å². The highest BCUT2D eigenvalue weighted by Gasteiger charge is 2.36. The molecule has 1 aromatic heterocycles. The van der Waals surface area contributed by atoms with Crippen molar-refractivity contribution in [2.75, 3.05) is 0 Å². The van der Waals surface area contributed by atoms with Crippen molar-refractivity contribution < 1.29 is 18.7 Å². The number of aliphatic hydroxyl groups excluding tert-OH is 1. The molecule has 4 rings (SSSR count). The van der Waals surface area contributed by atoms with Crippen molar-refractivity contribution in [3.8, 4) is 0 Å². The molecule has 0 radical (unpaired) electrons. The fourth-order valence-corrected chi connectivity index (χ4v) is 3.67. The lowest BCUT2D eigenvalue weighted by molar-refractivity contribution is 0.0234. The molecule has 6 heteroatoms. The Hall–Kier alpha value is -2.86. The van der Waals surface area contributed by atoms with Crippen LogP contribution in [0.15, 0.2) is 48.7 Å². The van der Waals surface area contributed by atoms with E-state index in [9.17, 15) is 18.7 Å². The number of hydrogen-bond acceptors (Lipinski definition) is 3. The average molecular weight is 382 g/mol. The van der Waals surface area contributed by atoms with Gasteiger partial charge in [-0.25, -0.2) is 8.78 Å². The summed E-state index contributed by atoms with van der Waals surface area (Å²) in [4.78, 5) is 17.1. The van der Waals surface area contributed by atoms with Crippen molar-refractivity contribution in [2.24, 2.45) is 5.92 Å². The largest absolute Gasteiger partial charge is 0.393 e. The van der Waals surface area contributed by atoms with Gasteiger partial charge in [0.05, 0.1) is 23.2 Å². The number of fused-ring (bicyclic) bond motifs is 1. The zero-order valence-corrected chi connectivity index (χ0v) is 15.3. The number of pyridine rings is 1. The van der Waals surface area contributed by atoms with Crippen LogP contribution < -0.4 is 5.32 Å². The molecule has 144 valence electrons. The number of aliphatic hydroxyl groups is 1. The fourth-order valence-electron chi connectivity index (χ4n) is 3.67. The Kier molecular flexibility index (Phi) is 4.81. The van der Waals surface area contributed by atoms with Gasteiger partial charge in [0.1, 0.15) is 0 Å². The topological polar surface area (TPSA) is 62.2 Å². The summed E-state index contributed by atoms with van der Waals surface area (Å²) in [5, 5.41) is 13.5. The van der Waals surface area contributed by atoms with Gasteiger partial charge in [0.25, 0.3) is 5.91 Å². The van der Waals surface area contributed by atoms with Crippen LogP contribution in [-0.2, 0) is 0 Å². The third kappa shape index (κ3) is 3.36. The van der Waals surface area contributed by atoms with E-state index < -0.39 is 29.7 Å². The third-order valence-corrected chi connectivity index (χ3v) is 5.40. The molecule has 1 fully saturated rings. The Labute approximate surface area is 161 Å². The molecule has 2 N–H and O–H groups in total. The van der Waals surface area contributed by atoms with Crippen LogP contribution in [0.2, 0.25) is 0 Å². The number of nitrogens with zero attached hydrogens (tertiary/aromatic N) is 1. The summed E-state index contributed by atoms with van der Waals surface area (Å²) in [6.45, 7) is 1.44. The number of amides is 1. The van der Waals surface area contributed by atoms with Crippen LogP contribution in [0.25, 0.3) is 10.9 Å². The number of rotatable bonds is 4. The van der Waals surface area contributed by atoms with Gasteiger partial charge in [-0.05, 0) is 55.0 Å². The van der Waals surface area contributed by atoms with E-state index in [0.29, 0.717) is 12.8 Å². The molecule has 3 aromatic rings. The SMILES string of the molecule is Cc1ccc(C(=O)N[C@H](c2cnc3ccccc3c2)C2CC(O)C2)c(F)c1F. The van der Waals surface area contributed by atoms with E-state index in [-0.39, 0.29) is 17.0 Å². The van der Waals surface area contributed by atoms with E-state index in [2.05, 4.69) is 10.3 Å². The maximum absolute atomic E-state index is 14.2. The van der Waals surface area contributed by atoms with Crippen LogP contribution in [0.5, 0.6) is 0 Å². The van der Waals surface area contributed by atoms with E-state index >= 15 is 0 Å². The monoisotopic (exact) mass is 382 g/mol. The summed E-state index contributed by atoms with van der Waals surface area (Å²) in [6.07, 6.45) is 2.33. The van der Waals surface area contributed by atoms with Gasteiger partial charge in [0.15, 0.2) is 11.6 Å². The van der Waals surface area contributed by atoms with Crippen molar-refractivity contribution in [1.82, 2.24) is 10.3 Å². The van der Waals surface area contributed by atoms with Crippen molar-refractivity contribution in [3.05, 3.63) is 77.0 Å². The van der Waals surface area contributed by atoms with Gasteiger partial charge in [-0.3, -0.25) is 9.78 Å². The number of carbonyl (C=O) groups excluding carboxylic acids is 1. The Balaban J connectivity index is 1.66. The van der Waals surface area contributed by atoms with Gasteiger partial charge in [0, 0.05) is 11.6 Å². The predicted octanol–water partition coefficient (Wildman–Crippen LogP) is 4.06. The number of halogens is 2. The van der Waals surface area contributed by atoms with E-state index in [1.807, 2.05) is 30.3 Å². The van der Waals surface area contributed by atoms with Crippen LogP contribution in [-0.4, -0.2) is 22.1 Å². The second kappa shape index (κ2) is 7.28. The number of aryl methyl sites for hydroxylation is 1. The lowest BCUT2D eigenvalue weighted by atomic mass is 9.75. The molecular weight excluding hydrogens is 362 g/mol. The number of hydrogen-bond donors (Lipinski definition) is 2. The Morgan fingerprint density at radius 3 is 2.68 bits per heavy atom. The summed E-state index contributed by atoms with van der Waals surface area (Å²) in [6, 6.07) is 11.8. The average Bonchev–Trinajstić information content (AvgIpc) is 2.67. The van der Waals surface area contributed by atoms with Crippen LogP contribution in [0, 0.1) is 24.5 Å².